The van der Waals surface area contributed by atoms with Gasteiger partial charge in [0, 0.05) is 36.1 Å². The number of carbonyl (C=O) groups excluding carboxylic acids is 1. The fourth-order valence-corrected chi connectivity index (χ4v) is 5.58. The fourth-order valence-electron chi connectivity index (χ4n) is 3.74. The Balaban J connectivity index is 1.49. The quantitative estimate of drug-likeness (QED) is 0.431. The van der Waals surface area contributed by atoms with Crippen molar-refractivity contribution in [3.8, 4) is 11.1 Å². The molecule has 1 amide bonds. The summed E-state index contributed by atoms with van der Waals surface area (Å²) < 4.78 is 93.2. The van der Waals surface area contributed by atoms with E-state index in [1.807, 2.05) is 0 Å². The molecule has 0 aliphatic heterocycles. The lowest BCUT2D eigenvalue weighted by atomic mass is 10.1. The molecule has 0 spiro atoms. The molecule has 2 aromatic carbocycles. The van der Waals surface area contributed by atoms with Gasteiger partial charge in [0.15, 0.2) is 0 Å². The lowest BCUT2D eigenvalue weighted by Gasteiger charge is -2.27. The minimum Gasteiger partial charge on any atom is -0.351 e. The molecule has 1 aliphatic rings. The van der Waals surface area contributed by atoms with Gasteiger partial charge in [-0.05, 0) is 61.7 Å². The van der Waals surface area contributed by atoms with E-state index in [1.54, 1.807) is 0 Å². The number of sulfonamides is 1. The van der Waals surface area contributed by atoms with Gasteiger partial charge in [-0.15, -0.1) is 0 Å². The third-order valence-electron chi connectivity index (χ3n) is 5.79. The van der Waals surface area contributed by atoms with Crippen LogP contribution in [0.4, 0.5) is 22.0 Å². The van der Waals surface area contributed by atoms with Crippen LogP contribution >= 0.6 is 0 Å². The van der Waals surface area contributed by atoms with Crippen LogP contribution in [0, 0.1) is 11.6 Å². The molecule has 1 aliphatic carbocycles. The van der Waals surface area contributed by atoms with Gasteiger partial charge in [-0.1, -0.05) is 6.07 Å². The number of benzene rings is 2. The van der Waals surface area contributed by atoms with Crippen molar-refractivity contribution in [1.29, 1.82) is 0 Å². The Bertz CT molecular complexity index is 1390. The van der Waals surface area contributed by atoms with Crippen LogP contribution in [0.15, 0.2) is 59.8 Å². The van der Waals surface area contributed by atoms with Gasteiger partial charge >= 0.3 is 6.18 Å². The molecule has 7 nitrogen and oxygen atoms in total. The molecule has 37 heavy (non-hydrogen) atoms. The van der Waals surface area contributed by atoms with E-state index in [2.05, 4.69) is 15.3 Å². The predicted molar refractivity (Wildman–Crippen MR) is 122 cm³/mol. The molecule has 1 aromatic heterocycles. The molecule has 0 radical (unpaired) electrons. The van der Waals surface area contributed by atoms with Gasteiger partial charge in [0.2, 0.25) is 21.8 Å². The van der Waals surface area contributed by atoms with Crippen LogP contribution in [-0.4, -0.2) is 40.7 Å². The number of alkyl halides is 3. The summed E-state index contributed by atoms with van der Waals surface area (Å²) in [6, 6.07) is 6.49. The molecule has 1 saturated carbocycles. The van der Waals surface area contributed by atoms with Crippen molar-refractivity contribution in [3.05, 3.63) is 77.9 Å². The minimum absolute atomic E-state index is 0.0253. The van der Waals surface area contributed by atoms with Crippen molar-refractivity contribution in [2.24, 2.45) is 0 Å². The number of rotatable bonds is 8. The van der Waals surface area contributed by atoms with E-state index in [0.717, 1.165) is 47.0 Å². The Hall–Kier alpha value is -3.45. The molecule has 0 saturated heterocycles. The summed E-state index contributed by atoms with van der Waals surface area (Å²) in [7, 11) is -4.11. The van der Waals surface area contributed by atoms with Crippen molar-refractivity contribution >= 4 is 15.9 Å². The topological polar surface area (TPSA) is 92.3 Å². The molecule has 13 heteroatoms. The maximum atomic E-state index is 14.4. The van der Waals surface area contributed by atoms with Gasteiger partial charge in [0.05, 0.1) is 4.90 Å². The summed E-state index contributed by atoms with van der Waals surface area (Å²) in [4.78, 5) is 19.3. The molecule has 4 rings (SSSR count). The van der Waals surface area contributed by atoms with Crippen molar-refractivity contribution in [3.63, 3.8) is 0 Å². The summed E-state index contributed by atoms with van der Waals surface area (Å²) in [5, 5.41) is 2.52. The van der Waals surface area contributed by atoms with Gasteiger partial charge < -0.3 is 5.32 Å². The largest absolute Gasteiger partial charge is 0.451 e. The van der Waals surface area contributed by atoms with Gasteiger partial charge in [-0.2, -0.15) is 17.5 Å². The molecule has 0 unspecified atom stereocenters. The van der Waals surface area contributed by atoms with Crippen molar-refractivity contribution in [2.45, 2.75) is 49.5 Å². The first-order chi connectivity index (χ1) is 17.4. The Kier molecular flexibility index (Phi) is 7.29. The lowest BCUT2D eigenvalue weighted by Crippen LogP contribution is -2.48. The highest BCUT2D eigenvalue weighted by Crippen LogP contribution is 2.34. The molecular weight excluding hydrogens is 519 g/mol. The highest BCUT2D eigenvalue weighted by Gasteiger charge is 2.43. The molecule has 1 heterocycles. The van der Waals surface area contributed by atoms with Crippen molar-refractivity contribution in [1.82, 2.24) is 19.6 Å². The summed E-state index contributed by atoms with van der Waals surface area (Å²) in [5.41, 5.74) is 0.558. The SMILES string of the molecule is C[C@@H](C(=O)NCc1cc(-c2cnc(C(F)(F)F)nc2)ccc1F)N(C1CC1)S(=O)(=O)c1ccc(F)cc1. The highest BCUT2D eigenvalue weighted by atomic mass is 32.2. The molecule has 3 aromatic rings. The second kappa shape index (κ2) is 10.1. The number of aromatic nitrogens is 2. The highest BCUT2D eigenvalue weighted by molar-refractivity contribution is 7.89. The van der Waals surface area contributed by atoms with Crippen LogP contribution in [0.1, 0.15) is 31.2 Å². The van der Waals surface area contributed by atoms with E-state index in [9.17, 15) is 35.2 Å². The second-order valence-corrected chi connectivity index (χ2v) is 10.4. The second-order valence-electron chi connectivity index (χ2n) is 8.51. The molecular formula is C24H21F5N4O3S. The van der Waals surface area contributed by atoms with E-state index in [-0.39, 0.29) is 22.6 Å². The Morgan fingerprint density at radius 2 is 1.68 bits per heavy atom. The van der Waals surface area contributed by atoms with Crippen molar-refractivity contribution in [2.75, 3.05) is 0 Å². The van der Waals surface area contributed by atoms with Gasteiger partial charge in [0.25, 0.3) is 0 Å². The molecule has 1 fully saturated rings. The zero-order valence-corrected chi connectivity index (χ0v) is 20.2. The summed E-state index contributed by atoms with van der Waals surface area (Å²) in [6.45, 7) is 1.10. The summed E-state index contributed by atoms with van der Waals surface area (Å²) in [5.74, 6) is -3.27. The Labute approximate surface area is 209 Å². The lowest BCUT2D eigenvalue weighted by molar-refractivity contribution is -0.145. The van der Waals surface area contributed by atoms with Crippen molar-refractivity contribution < 1.29 is 35.2 Å². The average Bonchev–Trinajstić information content (AvgIpc) is 3.68. The van der Waals surface area contributed by atoms with Crippen LogP contribution in [0.25, 0.3) is 11.1 Å². The molecule has 1 atom stereocenters. The smallest absolute Gasteiger partial charge is 0.351 e. The standard InChI is InChI=1S/C24H21F5N4O3S/c1-14(33(19-5-6-19)37(35,36)20-7-3-18(25)4-8-20)22(34)30-11-16-10-15(2-9-21(16)26)17-12-31-23(32-13-17)24(27,28)29/h2-4,7-10,12-14,19H,5-6,11H2,1H3,(H,30,34)/t14-/m0/s1. The van der Waals surface area contributed by atoms with Crippen LogP contribution < -0.4 is 5.32 Å². The summed E-state index contributed by atoms with van der Waals surface area (Å²) in [6.07, 6.45) is -1.66. The van der Waals surface area contributed by atoms with Crippen LogP contribution in [0.2, 0.25) is 0 Å². The number of amides is 1. The molecule has 0 bridgehead atoms. The Morgan fingerprint density at radius 1 is 1.05 bits per heavy atom. The predicted octanol–water partition coefficient (Wildman–Crippen LogP) is 4.30. The monoisotopic (exact) mass is 540 g/mol. The van der Waals surface area contributed by atoms with E-state index in [1.165, 1.54) is 19.1 Å². The van der Waals surface area contributed by atoms with E-state index in [4.69, 9.17) is 0 Å². The van der Waals surface area contributed by atoms with Gasteiger partial charge in [-0.3, -0.25) is 4.79 Å². The minimum atomic E-state index is -4.70. The normalized spacial score (nSPS) is 15.0. The van der Waals surface area contributed by atoms with E-state index >= 15 is 0 Å². The van der Waals surface area contributed by atoms with Gasteiger partial charge in [0.1, 0.15) is 17.7 Å². The third kappa shape index (κ3) is 5.93. The van der Waals surface area contributed by atoms with E-state index < -0.39 is 51.6 Å². The first kappa shape index (κ1) is 26.6. The fraction of sp³-hybridized carbons (Fsp3) is 0.292. The maximum Gasteiger partial charge on any atom is 0.451 e. The molecule has 1 N–H and O–H groups in total. The first-order valence-corrected chi connectivity index (χ1v) is 12.6. The number of hydrogen-bond acceptors (Lipinski definition) is 5. The number of halogens is 5. The molecule has 196 valence electrons. The van der Waals surface area contributed by atoms with E-state index in [0.29, 0.717) is 18.4 Å². The third-order valence-corrected chi connectivity index (χ3v) is 7.83. The van der Waals surface area contributed by atoms with Gasteiger partial charge in [-0.25, -0.2) is 27.2 Å². The number of nitrogens with one attached hydrogen (secondary N) is 1. The first-order valence-electron chi connectivity index (χ1n) is 11.1. The number of hydrogen-bond donors (Lipinski definition) is 1. The summed E-state index contributed by atoms with van der Waals surface area (Å²) >= 11 is 0. The number of nitrogens with zero attached hydrogens (tertiary/aromatic N) is 3. The van der Waals surface area contributed by atoms with Crippen LogP contribution in [0.3, 0.4) is 0 Å². The van der Waals surface area contributed by atoms with Crippen LogP contribution in [0.5, 0.6) is 0 Å². The zero-order valence-electron chi connectivity index (χ0n) is 19.3. The Morgan fingerprint density at radius 3 is 2.24 bits per heavy atom. The maximum absolute atomic E-state index is 14.4. The van der Waals surface area contributed by atoms with Crippen LogP contribution in [-0.2, 0) is 27.5 Å². The number of carbonyl (C=O) groups is 1. The zero-order chi connectivity index (χ0) is 27.0. The average molecular weight is 541 g/mol.